The van der Waals surface area contributed by atoms with Crippen molar-refractivity contribution in [1.82, 2.24) is 4.57 Å². The van der Waals surface area contributed by atoms with Gasteiger partial charge < -0.3 is 14.4 Å². The molecule has 1 heterocycles. The molecule has 318 valence electrons. The lowest BCUT2D eigenvalue weighted by Gasteiger charge is -2.34. The molecule has 1 spiro atoms. The van der Waals surface area contributed by atoms with Gasteiger partial charge in [0.05, 0.1) is 22.1 Å². The maximum absolute atomic E-state index is 2.51. The van der Waals surface area contributed by atoms with Crippen molar-refractivity contribution in [3.05, 3.63) is 283 Å². The molecule has 0 N–H and O–H groups in total. The molecule has 1 aromatic heterocycles. The first-order valence-electron chi connectivity index (χ1n) is 23.5. The van der Waals surface area contributed by atoms with E-state index in [1.54, 1.807) is 0 Å². The number of hydrogen-bond donors (Lipinski definition) is 0. The third kappa shape index (κ3) is 5.47. The fraction of sp³-hybridized carbons (Fsp3) is 0.0154. The highest BCUT2D eigenvalue weighted by Crippen LogP contribution is 2.66. The summed E-state index contributed by atoms with van der Waals surface area (Å²) in [7, 11) is 0. The van der Waals surface area contributed by atoms with Crippen LogP contribution in [0.1, 0.15) is 22.3 Å². The van der Waals surface area contributed by atoms with Crippen LogP contribution in [0.25, 0.3) is 60.5 Å². The van der Waals surface area contributed by atoms with Crippen LogP contribution in [0.3, 0.4) is 0 Å². The minimum atomic E-state index is -0.630. The maximum atomic E-state index is 2.51. The van der Waals surface area contributed by atoms with E-state index in [1.165, 1.54) is 77.1 Å². The van der Waals surface area contributed by atoms with E-state index in [4.69, 9.17) is 0 Å². The van der Waals surface area contributed by atoms with E-state index in [-0.39, 0.29) is 0 Å². The van der Waals surface area contributed by atoms with Crippen molar-refractivity contribution in [2.75, 3.05) is 9.80 Å². The highest BCUT2D eigenvalue weighted by atomic mass is 15.2. The van der Waals surface area contributed by atoms with Crippen molar-refractivity contribution in [3.63, 3.8) is 0 Å². The van der Waals surface area contributed by atoms with Gasteiger partial charge in [-0.3, -0.25) is 0 Å². The number of nitrogens with zero attached hydrogens (tertiary/aromatic N) is 3. The zero-order chi connectivity index (χ0) is 44.8. The van der Waals surface area contributed by atoms with Crippen LogP contribution < -0.4 is 9.80 Å². The fourth-order valence-electron chi connectivity index (χ4n) is 11.9. The summed E-state index contributed by atoms with van der Waals surface area (Å²) in [6.07, 6.45) is 0. The van der Waals surface area contributed by atoms with Gasteiger partial charge in [-0.2, -0.15) is 0 Å². The molecule has 0 amide bonds. The van der Waals surface area contributed by atoms with Crippen molar-refractivity contribution in [3.8, 4) is 27.9 Å². The second-order valence-electron chi connectivity index (χ2n) is 18.0. The smallest absolute Gasteiger partial charge is 0.0733 e. The van der Waals surface area contributed by atoms with E-state index in [0.29, 0.717) is 0 Å². The van der Waals surface area contributed by atoms with Gasteiger partial charge in [0, 0.05) is 50.5 Å². The Labute approximate surface area is 395 Å². The molecule has 68 heavy (non-hydrogen) atoms. The van der Waals surface area contributed by atoms with Crippen molar-refractivity contribution in [2.24, 2.45) is 0 Å². The van der Waals surface area contributed by atoms with Gasteiger partial charge in [0.1, 0.15) is 0 Å². The number of para-hydroxylation sites is 5. The minimum Gasteiger partial charge on any atom is -0.310 e. The predicted molar refractivity (Wildman–Crippen MR) is 284 cm³/mol. The second-order valence-corrected chi connectivity index (χ2v) is 18.0. The summed E-state index contributed by atoms with van der Waals surface area (Å²) in [6.45, 7) is 0. The number of fused-ring (bicyclic) bond motifs is 15. The average Bonchev–Trinajstić information content (AvgIpc) is 4.02. The van der Waals surface area contributed by atoms with Gasteiger partial charge in [0.25, 0.3) is 0 Å². The highest BCUT2D eigenvalue weighted by molar-refractivity contribution is 6.12. The summed E-state index contributed by atoms with van der Waals surface area (Å²) in [4.78, 5) is 4.91. The Morgan fingerprint density at radius 3 is 1.51 bits per heavy atom. The third-order valence-corrected chi connectivity index (χ3v) is 14.5. The largest absolute Gasteiger partial charge is 0.310 e. The van der Waals surface area contributed by atoms with E-state index in [0.717, 1.165) is 39.8 Å². The highest BCUT2D eigenvalue weighted by Gasteiger charge is 2.53. The van der Waals surface area contributed by atoms with Gasteiger partial charge in [-0.25, -0.2) is 0 Å². The topological polar surface area (TPSA) is 11.4 Å². The van der Waals surface area contributed by atoms with Crippen LogP contribution in [-0.4, -0.2) is 4.57 Å². The normalized spacial score (nSPS) is 14.2. The molecule has 0 radical (unpaired) electrons. The van der Waals surface area contributed by atoms with E-state index in [1.807, 2.05) is 0 Å². The van der Waals surface area contributed by atoms with Crippen LogP contribution in [-0.2, 0) is 5.41 Å². The zero-order valence-corrected chi connectivity index (χ0v) is 37.2. The number of benzene rings is 11. The van der Waals surface area contributed by atoms with Crippen molar-refractivity contribution < 1.29 is 0 Å². The monoisotopic (exact) mass is 865 g/mol. The Morgan fingerprint density at radius 1 is 0.309 bits per heavy atom. The maximum Gasteiger partial charge on any atom is 0.0733 e. The van der Waals surface area contributed by atoms with E-state index < -0.39 is 5.41 Å². The molecule has 3 heteroatoms. The van der Waals surface area contributed by atoms with Crippen molar-refractivity contribution in [2.45, 2.75) is 5.41 Å². The van der Waals surface area contributed by atoms with E-state index in [9.17, 15) is 0 Å². The zero-order valence-electron chi connectivity index (χ0n) is 37.2. The van der Waals surface area contributed by atoms with Crippen LogP contribution in [0, 0.1) is 0 Å². The lowest BCUT2D eigenvalue weighted by molar-refractivity contribution is 0.801. The quantitative estimate of drug-likeness (QED) is 0.158. The Kier molecular flexibility index (Phi) is 8.50. The number of rotatable bonds is 7. The predicted octanol–water partition coefficient (Wildman–Crippen LogP) is 17.2. The van der Waals surface area contributed by atoms with Crippen LogP contribution in [0.4, 0.5) is 34.1 Å². The van der Waals surface area contributed by atoms with Crippen molar-refractivity contribution >= 4 is 66.7 Å². The first kappa shape index (κ1) is 38.4. The molecule has 1 atom stereocenters. The van der Waals surface area contributed by atoms with Gasteiger partial charge in [-0.05, 0) is 135 Å². The molecule has 3 nitrogen and oxygen atoms in total. The number of hydrogen-bond acceptors (Lipinski definition) is 2. The Bertz CT molecular complexity index is 3870. The summed E-state index contributed by atoms with van der Waals surface area (Å²) < 4.78 is 2.41. The summed E-state index contributed by atoms with van der Waals surface area (Å²) in [5, 5.41) is 4.94. The molecule has 2 aliphatic rings. The summed E-state index contributed by atoms with van der Waals surface area (Å²) in [5.41, 5.74) is 19.8. The molecule has 2 aliphatic carbocycles. The van der Waals surface area contributed by atoms with Crippen LogP contribution in [0.2, 0.25) is 0 Å². The third-order valence-electron chi connectivity index (χ3n) is 14.5. The molecule has 0 saturated carbocycles. The molecule has 0 aliphatic heterocycles. The van der Waals surface area contributed by atoms with Crippen LogP contribution in [0.5, 0.6) is 0 Å². The first-order chi connectivity index (χ1) is 33.8. The molecule has 1 unspecified atom stereocenters. The summed E-state index contributed by atoms with van der Waals surface area (Å²) >= 11 is 0. The Hall–Kier alpha value is -8.92. The first-order valence-corrected chi connectivity index (χ1v) is 23.5. The molecule has 0 bridgehead atoms. The molecule has 14 rings (SSSR count). The van der Waals surface area contributed by atoms with Crippen molar-refractivity contribution in [1.29, 1.82) is 0 Å². The van der Waals surface area contributed by atoms with Crippen LogP contribution >= 0.6 is 0 Å². The summed E-state index contributed by atoms with van der Waals surface area (Å²) in [5.74, 6) is 0. The molecule has 0 fully saturated rings. The van der Waals surface area contributed by atoms with Gasteiger partial charge in [-0.1, -0.05) is 176 Å². The molecular weight excluding hydrogens is 823 g/mol. The lowest BCUT2D eigenvalue weighted by Crippen LogP contribution is -2.27. The number of anilines is 6. The molecule has 12 aromatic rings. The van der Waals surface area contributed by atoms with Gasteiger partial charge in [0.2, 0.25) is 0 Å². The fourth-order valence-corrected chi connectivity index (χ4v) is 11.9. The molecule has 11 aromatic carbocycles. The van der Waals surface area contributed by atoms with Gasteiger partial charge in [0.15, 0.2) is 0 Å². The second kappa shape index (κ2) is 15.1. The minimum absolute atomic E-state index is 0.630. The standard InChI is InChI=1S/C65H43N3/c1-5-22-45(23-6-1)66(50-38-40-55-54-32-17-20-36-60(54)68(61(55)43-50)48-28-11-4-12-29-48)49-37-39-53-52-31-15-18-34-57(52)65(59(53)42-49)58-35-19-16-33-56(58)63-62(41-44-21-13-14-30-51(44)64(63)65)67(46-24-7-2-8-25-46)47-26-9-3-10-27-47/h1-43H. The Morgan fingerprint density at radius 2 is 0.809 bits per heavy atom. The Balaban J connectivity index is 1.07. The van der Waals surface area contributed by atoms with E-state index >= 15 is 0 Å². The van der Waals surface area contributed by atoms with Crippen LogP contribution in [0.15, 0.2) is 261 Å². The van der Waals surface area contributed by atoms with E-state index in [2.05, 4.69) is 275 Å². The molecular formula is C65H43N3. The summed E-state index contributed by atoms with van der Waals surface area (Å²) in [6, 6.07) is 96.2. The number of aromatic nitrogens is 1. The SMILES string of the molecule is c1ccc(N(c2ccc3c(c2)C2(c4ccccc4-3)c3ccccc3-c3c(N(c4ccccc4)c4ccccc4)cc4ccccc4c32)c2ccc3c4ccccc4n(-c4ccccc4)c3c2)cc1. The lowest BCUT2D eigenvalue weighted by atomic mass is 9.69. The molecule has 0 saturated heterocycles. The van der Waals surface area contributed by atoms with Gasteiger partial charge >= 0.3 is 0 Å². The van der Waals surface area contributed by atoms with Gasteiger partial charge in [-0.15, -0.1) is 0 Å². The average molecular weight is 866 g/mol.